The van der Waals surface area contributed by atoms with Crippen molar-refractivity contribution in [3.8, 4) is 0 Å². The molecule has 1 N–H and O–H groups in total. The fraction of sp³-hybridized carbons (Fsp3) is 0.158. The number of aryl methyl sites for hydroxylation is 1. The van der Waals surface area contributed by atoms with Gasteiger partial charge in [0.2, 0.25) is 0 Å². The number of hydrogen-bond donors (Lipinski definition) is 1. The summed E-state index contributed by atoms with van der Waals surface area (Å²) >= 11 is 3.45. The first-order chi connectivity index (χ1) is 12.1. The number of halogens is 1. The second kappa shape index (κ2) is 6.04. The molecule has 3 aromatic rings. The number of anilines is 1. The van der Waals surface area contributed by atoms with Gasteiger partial charge in [-0.25, -0.2) is 0 Å². The van der Waals surface area contributed by atoms with Gasteiger partial charge in [0.1, 0.15) is 5.58 Å². The molecule has 0 unspecified atom stereocenters. The van der Waals surface area contributed by atoms with E-state index in [-0.39, 0.29) is 11.8 Å². The van der Waals surface area contributed by atoms with E-state index in [1.807, 2.05) is 31.2 Å². The zero-order valence-corrected chi connectivity index (χ0v) is 15.1. The Morgan fingerprint density at radius 3 is 2.88 bits per heavy atom. The number of para-hydroxylation sites is 1. The van der Waals surface area contributed by atoms with Gasteiger partial charge in [-0.2, -0.15) is 0 Å². The molecular weight excluding hydrogens is 384 g/mol. The number of rotatable bonds is 1. The van der Waals surface area contributed by atoms with Gasteiger partial charge in [0, 0.05) is 28.5 Å². The summed E-state index contributed by atoms with van der Waals surface area (Å²) in [5.41, 5.74) is 2.55. The summed E-state index contributed by atoms with van der Waals surface area (Å²) in [5.74, 6) is -0.109. The molecule has 1 aliphatic rings. The van der Waals surface area contributed by atoms with E-state index in [1.54, 1.807) is 23.1 Å². The Morgan fingerprint density at radius 1 is 1.24 bits per heavy atom. The quantitative estimate of drug-likeness (QED) is 0.675. The van der Waals surface area contributed by atoms with E-state index in [2.05, 4.69) is 21.2 Å². The van der Waals surface area contributed by atoms with E-state index < -0.39 is 0 Å². The number of carbonyl (C=O) groups is 2. The highest BCUT2D eigenvalue weighted by Gasteiger charge is 2.29. The molecule has 2 heterocycles. The van der Waals surface area contributed by atoms with E-state index >= 15 is 0 Å². The fourth-order valence-corrected chi connectivity index (χ4v) is 3.49. The van der Waals surface area contributed by atoms with Gasteiger partial charge < -0.3 is 14.6 Å². The summed E-state index contributed by atoms with van der Waals surface area (Å²) in [7, 11) is 0. The molecule has 0 spiro atoms. The van der Waals surface area contributed by atoms with Crippen molar-refractivity contribution in [3.05, 3.63) is 63.8 Å². The SMILES string of the molecule is Cc1c(C(=O)N2CCNC(=O)c3ccccc32)oc2ccc(Br)cc12. The van der Waals surface area contributed by atoms with Gasteiger partial charge in [-0.05, 0) is 37.3 Å². The summed E-state index contributed by atoms with van der Waals surface area (Å²) < 4.78 is 6.76. The molecular formula is C19H15BrN2O3. The molecule has 6 heteroatoms. The molecule has 1 aromatic heterocycles. The lowest BCUT2D eigenvalue weighted by Gasteiger charge is -2.21. The van der Waals surface area contributed by atoms with Crippen LogP contribution in [-0.4, -0.2) is 24.9 Å². The van der Waals surface area contributed by atoms with E-state index in [0.29, 0.717) is 35.7 Å². The lowest BCUT2D eigenvalue weighted by molar-refractivity contribution is 0.0948. The van der Waals surface area contributed by atoms with Gasteiger partial charge in [-0.1, -0.05) is 28.1 Å². The third-order valence-corrected chi connectivity index (χ3v) is 4.89. The normalized spacial score (nSPS) is 14.2. The Bertz CT molecular complexity index is 1010. The van der Waals surface area contributed by atoms with Crippen molar-refractivity contribution < 1.29 is 14.0 Å². The predicted octanol–water partition coefficient (Wildman–Crippen LogP) is 3.89. The Hall–Kier alpha value is -2.60. The monoisotopic (exact) mass is 398 g/mol. The van der Waals surface area contributed by atoms with E-state index in [0.717, 1.165) is 15.4 Å². The number of nitrogens with zero attached hydrogens (tertiary/aromatic N) is 1. The van der Waals surface area contributed by atoms with Crippen LogP contribution in [0.4, 0.5) is 5.69 Å². The molecule has 0 saturated heterocycles. The fourth-order valence-electron chi connectivity index (χ4n) is 3.13. The van der Waals surface area contributed by atoms with Gasteiger partial charge in [0.15, 0.2) is 5.76 Å². The lowest BCUT2D eigenvalue weighted by atomic mass is 10.1. The predicted molar refractivity (Wildman–Crippen MR) is 99.1 cm³/mol. The maximum Gasteiger partial charge on any atom is 0.294 e. The first-order valence-corrected chi connectivity index (χ1v) is 8.73. The maximum atomic E-state index is 13.2. The molecule has 2 aromatic carbocycles. The Labute approximate surface area is 152 Å². The molecule has 0 bridgehead atoms. The van der Waals surface area contributed by atoms with E-state index in [1.165, 1.54) is 0 Å². The third kappa shape index (κ3) is 2.62. The van der Waals surface area contributed by atoms with Crippen LogP contribution >= 0.6 is 15.9 Å². The van der Waals surface area contributed by atoms with Crippen LogP contribution in [0.3, 0.4) is 0 Å². The standard InChI is InChI=1S/C19H15BrN2O3/c1-11-14-10-12(20)6-7-16(14)25-17(11)19(24)22-9-8-21-18(23)13-4-2-3-5-15(13)22/h2-7,10H,8-9H2,1H3,(H,21,23). The molecule has 0 atom stereocenters. The van der Waals surface area contributed by atoms with Gasteiger partial charge in [-0.15, -0.1) is 0 Å². The van der Waals surface area contributed by atoms with Crippen LogP contribution in [0.15, 0.2) is 51.4 Å². The van der Waals surface area contributed by atoms with Gasteiger partial charge in [0.05, 0.1) is 11.3 Å². The van der Waals surface area contributed by atoms with Gasteiger partial charge >= 0.3 is 0 Å². The minimum atomic E-state index is -0.242. The molecule has 2 amide bonds. The molecule has 0 saturated carbocycles. The van der Waals surface area contributed by atoms with Gasteiger partial charge in [0.25, 0.3) is 11.8 Å². The Kier molecular flexibility index (Phi) is 3.84. The second-order valence-corrected chi connectivity index (χ2v) is 6.84. The first-order valence-electron chi connectivity index (χ1n) is 7.94. The number of nitrogens with one attached hydrogen (secondary N) is 1. The van der Waals surface area contributed by atoms with Crippen molar-refractivity contribution in [3.63, 3.8) is 0 Å². The zero-order chi connectivity index (χ0) is 17.6. The van der Waals surface area contributed by atoms with Crippen molar-refractivity contribution in [2.24, 2.45) is 0 Å². The number of hydrogen-bond acceptors (Lipinski definition) is 3. The van der Waals surface area contributed by atoms with Crippen molar-refractivity contribution >= 4 is 44.4 Å². The summed E-state index contributed by atoms with van der Waals surface area (Å²) in [6, 6.07) is 12.8. The maximum absolute atomic E-state index is 13.2. The Balaban J connectivity index is 1.82. The van der Waals surface area contributed by atoms with Crippen molar-refractivity contribution in [2.45, 2.75) is 6.92 Å². The first kappa shape index (κ1) is 15.9. The summed E-state index contributed by atoms with van der Waals surface area (Å²) in [5, 5.41) is 3.71. The molecule has 0 radical (unpaired) electrons. The minimum absolute atomic E-state index is 0.170. The highest BCUT2D eigenvalue weighted by Crippen LogP contribution is 2.31. The third-order valence-electron chi connectivity index (χ3n) is 4.40. The summed E-state index contributed by atoms with van der Waals surface area (Å²) in [4.78, 5) is 27.0. The second-order valence-electron chi connectivity index (χ2n) is 5.93. The van der Waals surface area contributed by atoms with Crippen molar-refractivity contribution in [2.75, 3.05) is 18.0 Å². The van der Waals surface area contributed by atoms with Crippen LogP contribution in [0, 0.1) is 6.92 Å². The summed E-state index contributed by atoms with van der Waals surface area (Å²) in [6.07, 6.45) is 0. The zero-order valence-electron chi connectivity index (χ0n) is 13.5. The molecule has 4 rings (SSSR count). The van der Waals surface area contributed by atoms with Crippen LogP contribution in [0.2, 0.25) is 0 Å². The Morgan fingerprint density at radius 2 is 2.04 bits per heavy atom. The average Bonchev–Trinajstić information content (AvgIpc) is 2.84. The van der Waals surface area contributed by atoms with E-state index in [4.69, 9.17) is 4.42 Å². The van der Waals surface area contributed by atoms with E-state index in [9.17, 15) is 9.59 Å². The van der Waals surface area contributed by atoms with Crippen LogP contribution in [0.25, 0.3) is 11.0 Å². The largest absolute Gasteiger partial charge is 0.451 e. The highest BCUT2D eigenvalue weighted by molar-refractivity contribution is 9.10. The number of benzene rings is 2. The number of furan rings is 1. The van der Waals surface area contributed by atoms with Crippen LogP contribution in [0.1, 0.15) is 26.5 Å². The topological polar surface area (TPSA) is 62.6 Å². The van der Waals surface area contributed by atoms with Crippen molar-refractivity contribution in [1.29, 1.82) is 0 Å². The van der Waals surface area contributed by atoms with Crippen LogP contribution < -0.4 is 10.2 Å². The van der Waals surface area contributed by atoms with Crippen LogP contribution in [0.5, 0.6) is 0 Å². The molecule has 0 aliphatic carbocycles. The summed E-state index contributed by atoms with van der Waals surface area (Å²) in [6.45, 7) is 2.66. The number of fused-ring (bicyclic) bond motifs is 2. The average molecular weight is 399 g/mol. The molecule has 25 heavy (non-hydrogen) atoms. The smallest absolute Gasteiger partial charge is 0.294 e. The highest BCUT2D eigenvalue weighted by atomic mass is 79.9. The molecule has 1 aliphatic heterocycles. The molecule has 5 nitrogen and oxygen atoms in total. The molecule has 126 valence electrons. The van der Waals surface area contributed by atoms with Gasteiger partial charge in [-0.3, -0.25) is 9.59 Å². The number of amides is 2. The molecule has 0 fully saturated rings. The number of carbonyl (C=O) groups excluding carboxylic acids is 2. The lowest BCUT2D eigenvalue weighted by Crippen LogP contribution is -2.35. The van der Waals surface area contributed by atoms with Crippen LogP contribution in [-0.2, 0) is 0 Å². The van der Waals surface area contributed by atoms with Crippen molar-refractivity contribution in [1.82, 2.24) is 5.32 Å². The minimum Gasteiger partial charge on any atom is -0.451 e.